The Hall–Kier alpha value is -1.60. The molecule has 0 saturated heterocycles. The second-order valence-corrected chi connectivity index (χ2v) is 4.37. The summed E-state index contributed by atoms with van der Waals surface area (Å²) in [5.41, 5.74) is 3.44. The minimum absolute atomic E-state index is 0.267. The van der Waals surface area contributed by atoms with E-state index < -0.39 is 0 Å². The van der Waals surface area contributed by atoms with Crippen molar-refractivity contribution in [3.8, 4) is 0 Å². The average Bonchev–Trinajstić information content (AvgIpc) is 2.40. The molecule has 1 aromatic carbocycles. The molecule has 2 heteroatoms. The molecule has 94 valence electrons. The Labute approximate surface area is 114 Å². The fraction of sp³-hybridized carbons (Fsp3) is 0.188. The van der Waals surface area contributed by atoms with Gasteiger partial charge in [-0.25, -0.2) is 0 Å². The number of rotatable bonds is 5. The minimum atomic E-state index is 0.267. The SMILES string of the molecule is C=C(Cl)C(=N)C(=C/C)/C=C(\CC)c1ccccc1. The Morgan fingerprint density at radius 1 is 1.33 bits per heavy atom. The predicted molar refractivity (Wildman–Crippen MR) is 81.2 cm³/mol. The first-order chi connectivity index (χ1) is 8.60. The van der Waals surface area contributed by atoms with Crippen molar-refractivity contribution < 1.29 is 0 Å². The van der Waals surface area contributed by atoms with Crippen LogP contribution in [-0.4, -0.2) is 5.71 Å². The average molecular weight is 260 g/mol. The molecule has 0 aromatic heterocycles. The van der Waals surface area contributed by atoms with Gasteiger partial charge in [0, 0.05) is 0 Å². The van der Waals surface area contributed by atoms with Crippen LogP contribution in [0.3, 0.4) is 0 Å². The van der Waals surface area contributed by atoms with E-state index in [1.807, 2.05) is 37.3 Å². The van der Waals surface area contributed by atoms with E-state index in [-0.39, 0.29) is 10.7 Å². The maximum Gasteiger partial charge on any atom is 0.0789 e. The third kappa shape index (κ3) is 3.71. The molecule has 0 radical (unpaired) electrons. The molecule has 0 fully saturated rings. The summed E-state index contributed by atoms with van der Waals surface area (Å²) in [6.45, 7) is 7.60. The summed E-state index contributed by atoms with van der Waals surface area (Å²) in [5.74, 6) is 0. The lowest BCUT2D eigenvalue weighted by Gasteiger charge is -2.08. The highest BCUT2D eigenvalue weighted by Crippen LogP contribution is 2.21. The van der Waals surface area contributed by atoms with Gasteiger partial charge in [-0.05, 0) is 36.1 Å². The van der Waals surface area contributed by atoms with Gasteiger partial charge in [-0.2, -0.15) is 0 Å². The molecule has 0 spiro atoms. The molecule has 0 aliphatic carbocycles. The predicted octanol–water partition coefficient (Wildman–Crippen LogP) is 5.20. The van der Waals surface area contributed by atoms with Crippen LogP contribution in [0.2, 0.25) is 0 Å². The molecule has 0 atom stereocenters. The normalized spacial score (nSPS) is 12.4. The molecule has 18 heavy (non-hydrogen) atoms. The lowest BCUT2D eigenvalue weighted by atomic mass is 9.99. The van der Waals surface area contributed by atoms with Gasteiger partial charge in [0.25, 0.3) is 0 Å². The molecule has 0 saturated carbocycles. The van der Waals surface area contributed by atoms with Crippen LogP contribution in [0.5, 0.6) is 0 Å². The molecule has 0 unspecified atom stereocenters. The summed E-state index contributed by atoms with van der Waals surface area (Å²) in [7, 11) is 0. The summed E-state index contributed by atoms with van der Waals surface area (Å²) in [5, 5.41) is 8.15. The number of hydrogen-bond acceptors (Lipinski definition) is 1. The molecule has 1 rings (SSSR count). The van der Waals surface area contributed by atoms with Gasteiger partial charge >= 0.3 is 0 Å². The topological polar surface area (TPSA) is 23.9 Å². The van der Waals surface area contributed by atoms with E-state index in [2.05, 4.69) is 25.6 Å². The van der Waals surface area contributed by atoms with Crippen molar-refractivity contribution >= 4 is 22.9 Å². The van der Waals surface area contributed by atoms with Crippen molar-refractivity contribution in [3.05, 3.63) is 65.2 Å². The Kier molecular flexibility index (Phi) is 5.60. The fourth-order valence-corrected chi connectivity index (χ4v) is 1.80. The van der Waals surface area contributed by atoms with Gasteiger partial charge in [0.1, 0.15) is 0 Å². The van der Waals surface area contributed by atoms with Gasteiger partial charge in [0.05, 0.1) is 10.7 Å². The van der Waals surface area contributed by atoms with Crippen LogP contribution in [0.4, 0.5) is 0 Å². The van der Waals surface area contributed by atoms with Gasteiger partial charge in [-0.1, -0.05) is 61.5 Å². The van der Waals surface area contributed by atoms with E-state index in [1.165, 1.54) is 11.1 Å². The van der Waals surface area contributed by atoms with Crippen molar-refractivity contribution in [2.24, 2.45) is 0 Å². The van der Waals surface area contributed by atoms with Crippen LogP contribution in [0.1, 0.15) is 25.8 Å². The Balaban J connectivity index is 3.12. The van der Waals surface area contributed by atoms with Gasteiger partial charge in [0.2, 0.25) is 0 Å². The first-order valence-corrected chi connectivity index (χ1v) is 6.34. The lowest BCUT2D eigenvalue weighted by Crippen LogP contribution is -1.99. The van der Waals surface area contributed by atoms with Crippen molar-refractivity contribution in [1.82, 2.24) is 0 Å². The lowest BCUT2D eigenvalue weighted by molar-refractivity contribution is 1.24. The summed E-state index contributed by atoms with van der Waals surface area (Å²) in [4.78, 5) is 0. The molecular formula is C16H18ClN. The summed E-state index contributed by atoms with van der Waals surface area (Å²) < 4.78 is 0. The number of benzene rings is 1. The minimum Gasteiger partial charge on any atom is -0.299 e. The third-order valence-corrected chi connectivity index (χ3v) is 2.92. The highest BCUT2D eigenvalue weighted by molar-refractivity contribution is 6.45. The van der Waals surface area contributed by atoms with Gasteiger partial charge in [-0.15, -0.1) is 0 Å². The summed E-state index contributed by atoms with van der Waals surface area (Å²) in [6, 6.07) is 10.2. The van der Waals surface area contributed by atoms with Crippen LogP contribution < -0.4 is 0 Å². The second kappa shape index (κ2) is 6.97. The molecule has 1 N–H and O–H groups in total. The van der Waals surface area contributed by atoms with E-state index in [0.717, 1.165) is 12.0 Å². The molecule has 1 nitrogen and oxygen atoms in total. The van der Waals surface area contributed by atoms with E-state index in [1.54, 1.807) is 0 Å². The van der Waals surface area contributed by atoms with Crippen LogP contribution >= 0.6 is 11.6 Å². The zero-order chi connectivity index (χ0) is 13.5. The molecule has 0 aliphatic rings. The smallest absolute Gasteiger partial charge is 0.0789 e. The van der Waals surface area contributed by atoms with Crippen molar-refractivity contribution in [2.75, 3.05) is 0 Å². The number of halogens is 1. The van der Waals surface area contributed by atoms with E-state index in [0.29, 0.717) is 0 Å². The number of hydrogen-bond donors (Lipinski definition) is 1. The molecule has 0 heterocycles. The Morgan fingerprint density at radius 3 is 2.39 bits per heavy atom. The van der Waals surface area contributed by atoms with Crippen molar-refractivity contribution in [2.45, 2.75) is 20.3 Å². The fourth-order valence-electron chi connectivity index (χ4n) is 1.69. The second-order valence-electron chi connectivity index (χ2n) is 3.91. The van der Waals surface area contributed by atoms with Crippen molar-refractivity contribution in [3.63, 3.8) is 0 Å². The highest BCUT2D eigenvalue weighted by Gasteiger charge is 2.06. The van der Waals surface area contributed by atoms with Gasteiger partial charge in [-0.3, -0.25) is 5.41 Å². The van der Waals surface area contributed by atoms with Crippen LogP contribution in [-0.2, 0) is 0 Å². The first kappa shape index (κ1) is 14.5. The van der Waals surface area contributed by atoms with Crippen LogP contribution in [0.15, 0.2) is 59.7 Å². The Bertz CT molecular complexity index is 495. The van der Waals surface area contributed by atoms with Gasteiger partial charge in [0.15, 0.2) is 0 Å². The van der Waals surface area contributed by atoms with E-state index >= 15 is 0 Å². The molecule has 0 aliphatic heterocycles. The summed E-state index contributed by atoms with van der Waals surface area (Å²) in [6.07, 6.45) is 4.79. The summed E-state index contributed by atoms with van der Waals surface area (Å²) >= 11 is 5.79. The highest BCUT2D eigenvalue weighted by atomic mass is 35.5. The quantitative estimate of drug-likeness (QED) is 0.555. The van der Waals surface area contributed by atoms with Crippen LogP contribution in [0, 0.1) is 5.41 Å². The zero-order valence-electron chi connectivity index (χ0n) is 10.8. The first-order valence-electron chi connectivity index (χ1n) is 5.96. The van der Waals surface area contributed by atoms with Crippen molar-refractivity contribution in [1.29, 1.82) is 5.41 Å². The molecule has 0 amide bonds. The zero-order valence-corrected chi connectivity index (χ0v) is 11.6. The third-order valence-electron chi connectivity index (χ3n) is 2.73. The molecular weight excluding hydrogens is 242 g/mol. The monoisotopic (exact) mass is 259 g/mol. The maximum absolute atomic E-state index is 7.89. The number of nitrogens with one attached hydrogen (secondary N) is 1. The largest absolute Gasteiger partial charge is 0.299 e. The van der Waals surface area contributed by atoms with E-state index in [9.17, 15) is 0 Å². The molecule has 1 aromatic rings. The van der Waals surface area contributed by atoms with E-state index in [4.69, 9.17) is 17.0 Å². The molecule has 0 bridgehead atoms. The maximum atomic E-state index is 7.89. The Morgan fingerprint density at radius 2 is 1.94 bits per heavy atom. The van der Waals surface area contributed by atoms with Crippen LogP contribution in [0.25, 0.3) is 5.57 Å². The van der Waals surface area contributed by atoms with Gasteiger partial charge < -0.3 is 0 Å². The number of allylic oxidation sites excluding steroid dienone is 5. The standard InChI is InChI=1S/C16H18ClN/c1-4-13(15-9-7-6-8-10-15)11-14(5-2)16(18)12(3)17/h5-11,18H,3-4H2,1-2H3/b13-11+,14-5+,18-16?.